The van der Waals surface area contributed by atoms with Gasteiger partial charge in [-0.15, -0.1) is 0 Å². The van der Waals surface area contributed by atoms with Gasteiger partial charge in [0.15, 0.2) is 5.82 Å². The first-order valence-corrected chi connectivity index (χ1v) is 8.53. The van der Waals surface area contributed by atoms with Gasteiger partial charge in [0, 0.05) is 19.5 Å². The number of nitrogens with one attached hydrogen (secondary N) is 1. The molecule has 0 saturated heterocycles. The van der Waals surface area contributed by atoms with Gasteiger partial charge in [-0.05, 0) is 25.5 Å². The molecule has 134 valence electrons. The molecule has 0 spiro atoms. The fraction of sp³-hybridized carbons (Fsp3) is 0.500. The van der Waals surface area contributed by atoms with Gasteiger partial charge >= 0.3 is 0 Å². The summed E-state index contributed by atoms with van der Waals surface area (Å²) in [6.45, 7) is 2.66. The lowest BCUT2D eigenvalue weighted by atomic mass is 10.0. The number of nitrogens with zero attached hydrogens (tertiary/aromatic N) is 3. The summed E-state index contributed by atoms with van der Waals surface area (Å²) in [5, 5.41) is 17.2. The van der Waals surface area contributed by atoms with E-state index >= 15 is 0 Å². The lowest BCUT2D eigenvalue weighted by Crippen LogP contribution is -2.43. The van der Waals surface area contributed by atoms with Crippen molar-refractivity contribution in [1.82, 2.24) is 20.4 Å². The summed E-state index contributed by atoms with van der Waals surface area (Å²) in [5.74, 6) is 0.339. The number of hydrogen-bond donors (Lipinski definition) is 2. The maximum Gasteiger partial charge on any atom is 0.226 e. The lowest BCUT2D eigenvalue weighted by molar-refractivity contribution is -0.128. The number of rotatable bonds is 6. The Bertz CT molecular complexity index is 703. The van der Waals surface area contributed by atoms with Crippen molar-refractivity contribution in [3.63, 3.8) is 0 Å². The van der Waals surface area contributed by atoms with Crippen LogP contribution in [-0.2, 0) is 17.9 Å². The third kappa shape index (κ3) is 4.24. The predicted octanol–water partition coefficient (Wildman–Crippen LogP) is 1.27. The zero-order valence-electron chi connectivity index (χ0n) is 14.6. The molecule has 0 bridgehead atoms. The van der Waals surface area contributed by atoms with Gasteiger partial charge in [-0.1, -0.05) is 35.5 Å². The maximum atomic E-state index is 12.4. The van der Waals surface area contributed by atoms with E-state index in [-0.39, 0.29) is 18.5 Å². The molecule has 1 aliphatic carbocycles. The summed E-state index contributed by atoms with van der Waals surface area (Å²) < 4.78 is 4.88. The third-order valence-corrected chi connectivity index (χ3v) is 4.75. The Morgan fingerprint density at radius 1 is 1.36 bits per heavy atom. The first-order chi connectivity index (χ1) is 12.0. The predicted molar refractivity (Wildman–Crippen MR) is 91.3 cm³/mol. The molecule has 25 heavy (non-hydrogen) atoms. The number of aryl methyl sites for hydroxylation is 1. The summed E-state index contributed by atoms with van der Waals surface area (Å²) >= 11 is 0. The normalized spacial score (nSPS) is 23.1. The Morgan fingerprint density at radius 2 is 2.12 bits per heavy atom. The average molecular weight is 344 g/mol. The Morgan fingerprint density at radius 3 is 2.80 bits per heavy atom. The van der Waals surface area contributed by atoms with Gasteiger partial charge in [0.2, 0.25) is 11.8 Å². The minimum atomic E-state index is -0.680. The van der Waals surface area contributed by atoms with Crippen LogP contribution in [0, 0.1) is 12.8 Å². The fourth-order valence-corrected chi connectivity index (χ4v) is 3.43. The highest BCUT2D eigenvalue weighted by atomic mass is 16.5. The fourth-order valence-electron chi connectivity index (χ4n) is 3.43. The minimum absolute atomic E-state index is 0.0247. The number of carbonyl (C=O) groups is 1. The SMILES string of the molecule is Cc1nc(CNC(=O)[C@@H]2CC[C@@H](N(C)Cc3ccccc3)[C@H]2O)no1. The van der Waals surface area contributed by atoms with Crippen LogP contribution in [0.4, 0.5) is 0 Å². The molecule has 7 heteroatoms. The molecule has 1 heterocycles. The van der Waals surface area contributed by atoms with E-state index in [1.54, 1.807) is 6.92 Å². The van der Waals surface area contributed by atoms with Crippen LogP contribution in [-0.4, -0.2) is 45.2 Å². The smallest absolute Gasteiger partial charge is 0.226 e. The molecule has 1 saturated carbocycles. The van der Waals surface area contributed by atoms with E-state index < -0.39 is 12.0 Å². The summed E-state index contributed by atoms with van der Waals surface area (Å²) in [7, 11) is 1.99. The molecule has 1 aromatic carbocycles. The first kappa shape index (κ1) is 17.6. The van der Waals surface area contributed by atoms with E-state index in [0.29, 0.717) is 18.1 Å². The Labute approximate surface area is 147 Å². The number of aliphatic hydroxyl groups is 1. The van der Waals surface area contributed by atoms with Gasteiger partial charge in [0.25, 0.3) is 0 Å². The Balaban J connectivity index is 1.53. The molecule has 1 amide bonds. The van der Waals surface area contributed by atoms with Crippen LogP contribution in [0.2, 0.25) is 0 Å². The molecule has 1 fully saturated rings. The van der Waals surface area contributed by atoms with Crippen LogP contribution < -0.4 is 5.32 Å². The van der Waals surface area contributed by atoms with Crippen LogP contribution >= 0.6 is 0 Å². The highest BCUT2D eigenvalue weighted by molar-refractivity contribution is 5.79. The van der Waals surface area contributed by atoms with Crippen molar-refractivity contribution >= 4 is 5.91 Å². The second kappa shape index (κ2) is 7.76. The molecule has 0 radical (unpaired) electrons. The van der Waals surface area contributed by atoms with Crippen molar-refractivity contribution in [2.24, 2.45) is 5.92 Å². The topological polar surface area (TPSA) is 91.5 Å². The number of hydrogen-bond acceptors (Lipinski definition) is 6. The van der Waals surface area contributed by atoms with E-state index in [1.807, 2.05) is 25.2 Å². The van der Waals surface area contributed by atoms with Crippen molar-refractivity contribution in [2.75, 3.05) is 7.05 Å². The lowest BCUT2D eigenvalue weighted by Gasteiger charge is -2.28. The second-order valence-electron chi connectivity index (χ2n) is 6.59. The quantitative estimate of drug-likeness (QED) is 0.820. The first-order valence-electron chi connectivity index (χ1n) is 8.53. The summed E-state index contributed by atoms with van der Waals surface area (Å²) in [5.41, 5.74) is 1.19. The third-order valence-electron chi connectivity index (χ3n) is 4.75. The van der Waals surface area contributed by atoms with Crippen molar-refractivity contribution < 1.29 is 14.4 Å². The van der Waals surface area contributed by atoms with Crippen LogP contribution in [0.1, 0.15) is 30.1 Å². The monoisotopic (exact) mass is 344 g/mol. The number of carbonyl (C=O) groups excluding carboxylic acids is 1. The molecule has 2 N–H and O–H groups in total. The molecule has 7 nitrogen and oxygen atoms in total. The minimum Gasteiger partial charge on any atom is -0.391 e. The number of aromatic nitrogens is 2. The molecular formula is C18H24N4O3. The van der Waals surface area contributed by atoms with E-state index in [0.717, 1.165) is 13.0 Å². The van der Waals surface area contributed by atoms with Gasteiger partial charge in [0.05, 0.1) is 18.6 Å². The average Bonchev–Trinajstić information content (AvgIpc) is 3.19. The van der Waals surface area contributed by atoms with Crippen LogP contribution in [0.3, 0.4) is 0 Å². The van der Waals surface area contributed by atoms with Crippen LogP contribution in [0.25, 0.3) is 0 Å². The second-order valence-corrected chi connectivity index (χ2v) is 6.59. The molecule has 0 aliphatic heterocycles. The van der Waals surface area contributed by atoms with E-state index in [4.69, 9.17) is 4.52 Å². The highest BCUT2D eigenvalue weighted by Crippen LogP contribution is 2.30. The van der Waals surface area contributed by atoms with Gasteiger partial charge in [-0.25, -0.2) is 0 Å². The standard InChI is InChI=1S/C18H24N4O3/c1-12-20-16(21-25-12)10-19-18(24)14-8-9-15(17(14)23)22(2)11-13-6-4-3-5-7-13/h3-7,14-15,17,23H,8-11H2,1-2H3,(H,19,24)/t14-,15-,17+/m1/s1. The zero-order valence-corrected chi connectivity index (χ0v) is 14.6. The molecule has 3 atom stereocenters. The van der Waals surface area contributed by atoms with Gasteiger partial charge < -0.3 is 14.9 Å². The van der Waals surface area contributed by atoms with E-state index in [9.17, 15) is 9.90 Å². The number of amides is 1. The summed E-state index contributed by atoms with van der Waals surface area (Å²) in [4.78, 5) is 18.6. The van der Waals surface area contributed by atoms with E-state index in [1.165, 1.54) is 5.56 Å². The molecule has 3 rings (SSSR count). The largest absolute Gasteiger partial charge is 0.391 e. The summed E-state index contributed by atoms with van der Waals surface area (Å²) in [6.07, 6.45) is 0.784. The van der Waals surface area contributed by atoms with Gasteiger partial charge in [-0.2, -0.15) is 4.98 Å². The van der Waals surface area contributed by atoms with Crippen molar-refractivity contribution in [3.05, 3.63) is 47.6 Å². The molecule has 1 aromatic heterocycles. The van der Waals surface area contributed by atoms with Gasteiger partial charge in [0.1, 0.15) is 0 Å². The van der Waals surface area contributed by atoms with Gasteiger partial charge in [-0.3, -0.25) is 9.69 Å². The van der Waals surface area contributed by atoms with Crippen LogP contribution in [0.5, 0.6) is 0 Å². The molecule has 2 aromatic rings. The number of aliphatic hydroxyl groups excluding tert-OH is 1. The number of benzene rings is 1. The number of likely N-dealkylation sites (N-methyl/N-ethyl adjacent to an activating group) is 1. The van der Waals surface area contributed by atoms with Crippen LogP contribution in [0.15, 0.2) is 34.9 Å². The van der Waals surface area contributed by atoms with Crippen molar-refractivity contribution in [2.45, 2.75) is 45.0 Å². The molecule has 0 unspecified atom stereocenters. The highest BCUT2D eigenvalue weighted by Gasteiger charge is 2.40. The molecule has 1 aliphatic rings. The van der Waals surface area contributed by atoms with E-state index in [2.05, 4.69) is 32.5 Å². The summed E-state index contributed by atoms with van der Waals surface area (Å²) in [6, 6.07) is 10.1. The maximum absolute atomic E-state index is 12.4. The van der Waals surface area contributed by atoms with Crippen molar-refractivity contribution in [1.29, 1.82) is 0 Å². The Kier molecular flexibility index (Phi) is 5.45. The zero-order chi connectivity index (χ0) is 17.8. The Hall–Kier alpha value is -2.25. The van der Waals surface area contributed by atoms with Crippen molar-refractivity contribution in [3.8, 4) is 0 Å². The molecular weight excluding hydrogens is 320 g/mol.